The van der Waals surface area contributed by atoms with Gasteiger partial charge >= 0.3 is 0 Å². The molecule has 0 bridgehead atoms. The third-order valence-corrected chi connectivity index (χ3v) is 6.11. The first kappa shape index (κ1) is 20.8. The largest absolute Gasteiger partial charge is 0.355 e. The van der Waals surface area contributed by atoms with E-state index in [9.17, 15) is 4.79 Å². The number of carbonyl (C=O) groups is 1. The van der Waals surface area contributed by atoms with Gasteiger partial charge in [-0.1, -0.05) is 23.7 Å². The Bertz CT molecular complexity index is 1040. The van der Waals surface area contributed by atoms with Crippen molar-refractivity contribution in [3.05, 3.63) is 52.3 Å². The van der Waals surface area contributed by atoms with Crippen LogP contribution in [0.25, 0.3) is 16.9 Å². The molecule has 0 radical (unpaired) electrons. The Kier molecular flexibility index (Phi) is 6.35. The van der Waals surface area contributed by atoms with E-state index in [1.807, 2.05) is 48.7 Å². The van der Waals surface area contributed by atoms with Gasteiger partial charge in [-0.25, -0.2) is 9.50 Å². The summed E-state index contributed by atoms with van der Waals surface area (Å²) in [5.41, 5.74) is 5.74. The van der Waals surface area contributed by atoms with Crippen LogP contribution in [-0.2, 0) is 11.2 Å². The number of aryl methyl sites for hydroxylation is 2. The quantitative estimate of drug-likeness (QED) is 0.625. The van der Waals surface area contributed by atoms with Crippen molar-refractivity contribution in [2.75, 3.05) is 26.2 Å². The topological polar surface area (TPSA) is 62.5 Å². The molecular formula is C23H28ClN5O. The monoisotopic (exact) mass is 425 g/mol. The van der Waals surface area contributed by atoms with E-state index in [4.69, 9.17) is 21.7 Å². The summed E-state index contributed by atoms with van der Waals surface area (Å²) in [5, 5.41) is 8.49. The number of fused-ring (bicyclic) bond motifs is 1. The number of hydrogen-bond donors (Lipinski definition) is 1. The maximum absolute atomic E-state index is 12.3. The van der Waals surface area contributed by atoms with Crippen LogP contribution in [0.4, 0.5) is 0 Å². The molecule has 1 aliphatic heterocycles. The van der Waals surface area contributed by atoms with Gasteiger partial charge in [-0.15, -0.1) is 0 Å². The molecule has 2 aromatic heterocycles. The van der Waals surface area contributed by atoms with Crippen molar-refractivity contribution in [3.8, 4) is 11.3 Å². The normalized spacial score (nSPS) is 14.5. The van der Waals surface area contributed by atoms with Crippen molar-refractivity contribution >= 4 is 23.2 Å². The van der Waals surface area contributed by atoms with E-state index in [1.54, 1.807) is 0 Å². The number of likely N-dealkylation sites (tertiary alicyclic amines) is 1. The number of rotatable bonds is 7. The zero-order valence-corrected chi connectivity index (χ0v) is 18.4. The molecule has 0 spiro atoms. The molecule has 0 atom stereocenters. The van der Waals surface area contributed by atoms with Crippen LogP contribution in [0.1, 0.15) is 36.2 Å². The molecule has 0 unspecified atom stereocenters. The summed E-state index contributed by atoms with van der Waals surface area (Å²) in [6, 6.07) is 9.62. The summed E-state index contributed by atoms with van der Waals surface area (Å²) >= 11 is 6.00. The van der Waals surface area contributed by atoms with Gasteiger partial charge in [0.25, 0.3) is 0 Å². The Hall–Kier alpha value is -2.44. The molecule has 1 amide bonds. The standard InChI is InChI=1S/C23H28ClN5O/c1-16-20(9-10-23(30)25-11-14-28-12-3-4-13-28)17(2)29-22(26-16)15-21(27-29)18-5-7-19(24)8-6-18/h5-8,15H,3-4,9-14H2,1-2H3,(H,25,30). The molecule has 158 valence electrons. The lowest BCUT2D eigenvalue weighted by Gasteiger charge is -2.15. The maximum atomic E-state index is 12.3. The van der Waals surface area contributed by atoms with Crippen LogP contribution in [0.2, 0.25) is 5.02 Å². The lowest BCUT2D eigenvalue weighted by atomic mass is 10.1. The van der Waals surface area contributed by atoms with Crippen molar-refractivity contribution in [3.63, 3.8) is 0 Å². The zero-order chi connectivity index (χ0) is 21.1. The van der Waals surface area contributed by atoms with Crippen LogP contribution in [0.5, 0.6) is 0 Å². The fourth-order valence-corrected chi connectivity index (χ4v) is 4.26. The molecule has 3 heterocycles. The van der Waals surface area contributed by atoms with Crippen molar-refractivity contribution in [1.82, 2.24) is 24.8 Å². The fourth-order valence-electron chi connectivity index (χ4n) is 4.14. The third kappa shape index (κ3) is 4.65. The Morgan fingerprint density at radius 3 is 2.63 bits per heavy atom. The second-order valence-electron chi connectivity index (χ2n) is 7.97. The van der Waals surface area contributed by atoms with Crippen molar-refractivity contribution in [1.29, 1.82) is 0 Å². The highest BCUT2D eigenvalue weighted by Crippen LogP contribution is 2.24. The SMILES string of the molecule is Cc1nc2cc(-c3ccc(Cl)cc3)nn2c(C)c1CCC(=O)NCCN1CCCC1. The Morgan fingerprint density at radius 2 is 1.90 bits per heavy atom. The van der Waals surface area contributed by atoms with E-state index >= 15 is 0 Å². The van der Waals surface area contributed by atoms with E-state index in [-0.39, 0.29) is 5.91 Å². The molecule has 1 fully saturated rings. The predicted molar refractivity (Wildman–Crippen MR) is 120 cm³/mol. The molecule has 0 saturated carbocycles. The molecule has 3 aromatic rings. The van der Waals surface area contributed by atoms with Gasteiger partial charge in [0.05, 0.1) is 5.69 Å². The molecule has 1 saturated heterocycles. The number of amides is 1. The smallest absolute Gasteiger partial charge is 0.220 e. The summed E-state index contributed by atoms with van der Waals surface area (Å²) < 4.78 is 1.87. The van der Waals surface area contributed by atoms with E-state index < -0.39 is 0 Å². The Balaban J connectivity index is 1.43. The molecule has 1 N–H and O–H groups in total. The van der Waals surface area contributed by atoms with Crippen molar-refractivity contribution < 1.29 is 4.79 Å². The summed E-state index contributed by atoms with van der Waals surface area (Å²) in [4.78, 5) is 19.4. The number of nitrogens with one attached hydrogen (secondary N) is 1. The van der Waals surface area contributed by atoms with Crippen molar-refractivity contribution in [2.24, 2.45) is 0 Å². The van der Waals surface area contributed by atoms with E-state index in [0.717, 1.165) is 60.0 Å². The predicted octanol–water partition coefficient (Wildman–Crippen LogP) is 3.81. The molecule has 6 nitrogen and oxygen atoms in total. The van der Waals surface area contributed by atoms with Crippen LogP contribution in [-0.4, -0.2) is 51.6 Å². The maximum Gasteiger partial charge on any atom is 0.220 e. The van der Waals surface area contributed by atoms with E-state index in [1.165, 1.54) is 12.8 Å². The lowest BCUT2D eigenvalue weighted by Crippen LogP contribution is -2.33. The number of halogens is 1. The molecular weight excluding hydrogens is 398 g/mol. The van der Waals surface area contributed by atoms with Gasteiger partial charge in [0.1, 0.15) is 0 Å². The summed E-state index contributed by atoms with van der Waals surface area (Å²) in [6.45, 7) is 8.02. The van der Waals surface area contributed by atoms with Crippen LogP contribution in [0, 0.1) is 13.8 Å². The summed E-state index contributed by atoms with van der Waals surface area (Å²) in [6.07, 6.45) is 3.66. The highest BCUT2D eigenvalue weighted by Gasteiger charge is 2.15. The van der Waals surface area contributed by atoms with Crippen LogP contribution < -0.4 is 5.32 Å². The molecule has 7 heteroatoms. The van der Waals surface area contributed by atoms with Gasteiger partial charge in [-0.05, 0) is 63.9 Å². The van der Waals surface area contributed by atoms with Gasteiger partial charge in [-0.2, -0.15) is 5.10 Å². The van der Waals surface area contributed by atoms with Crippen LogP contribution in [0.3, 0.4) is 0 Å². The molecule has 4 rings (SSSR count). The second-order valence-corrected chi connectivity index (χ2v) is 8.40. The molecule has 0 aliphatic carbocycles. The number of hydrogen-bond acceptors (Lipinski definition) is 4. The number of carbonyl (C=O) groups excluding carboxylic acids is 1. The van der Waals surface area contributed by atoms with Gasteiger partial charge in [0, 0.05) is 47.6 Å². The van der Waals surface area contributed by atoms with E-state index in [2.05, 4.69) is 10.2 Å². The number of benzene rings is 1. The molecule has 30 heavy (non-hydrogen) atoms. The summed E-state index contributed by atoms with van der Waals surface area (Å²) in [5.74, 6) is 0.0930. The zero-order valence-electron chi connectivity index (χ0n) is 17.6. The first-order chi connectivity index (χ1) is 14.5. The minimum Gasteiger partial charge on any atom is -0.355 e. The minimum absolute atomic E-state index is 0.0930. The highest BCUT2D eigenvalue weighted by molar-refractivity contribution is 6.30. The lowest BCUT2D eigenvalue weighted by molar-refractivity contribution is -0.121. The first-order valence-corrected chi connectivity index (χ1v) is 11.0. The second kappa shape index (κ2) is 9.14. The number of nitrogens with zero attached hydrogens (tertiary/aromatic N) is 4. The summed E-state index contributed by atoms with van der Waals surface area (Å²) in [7, 11) is 0. The molecule has 1 aliphatic rings. The van der Waals surface area contributed by atoms with Gasteiger partial charge in [0.15, 0.2) is 5.65 Å². The van der Waals surface area contributed by atoms with E-state index in [0.29, 0.717) is 17.9 Å². The van der Waals surface area contributed by atoms with Gasteiger partial charge < -0.3 is 10.2 Å². The third-order valence-electron chi connectivity index (χ3n) is 5.85. The Labute approximate surface area is 182 Å². The number of aromatic nitrogens is 3. The van der Waals surface area contributed by atoms with Gasteiger partial charge in [-0.3, -0.25) is 4.79 Å². The Morgan fingerprint density at radius 1 is 1.17 bits per heavy atom. The minimum atomic E-state index is 0.0930. The van der Waals surface area contributed by atoms with Crippen LogP contribution in [0.15, 0.2) is 30.3 Å². The molecule has 1 aromatic carbocycles. The van der Waals surface area contributed by atoms with Crippen molar-refractivity contribution in [2.45, 2.75) is 39.5 Å². The van der Waals surface area contributed by atoms with Gasteiger partial charge in [0.2, 0.25) is 5.91 Å². The average Bonchev–Trinajstić information content (AvgIpc) is 3.38. The highest BCUT2D eigenvalue weighted by atomic mass is 35.5. The first-order valence-electron chi connectivity index (χ1n) is 10.6. The van der Waals surface area contributed by atoms with Crippen LogP contribution >= 0.6 is 11.6 Å². The average molecular weight is 426 g/mol. The fraction of sp³-hybridized carbons (Fsp3) is 0.435.